The molecular formula is C17H26N2O. The van der Waals surface area contributed by atoms with Crippen molar-refractivity contribution in [2.75, 3.05) is 13.1 Å². The van der Waals surface area contributed by atoms with Crippen LogP contribution in [0.15, 0.2) is 30.3 Å². The van der Waals surface area contributed by atoms with Gasteiger partial charge in [0.05, 0.1) is 5.41 Å². The quantitative estimate of drug-likeness (QED) is 0.866. The molecule has 1 aliphatic rings. The Hall–Kier alpha value is -1.35. The summed E-state index contributed by atoms with van der Waals surface area (Å²) in [6, 6.07) is 10.5. The van der Waals surface area contributed by atoms with Crippen molar-refractivity contribution in [1.82, 2.24) is 10.6 Å². The lowest BCUT2D eigenvalue weighted by molar-refractivity contribution is -0.125. The normalized spacial score (nSPS) is 19.6. The third kappa shape index (κ3) is 3.83. The molecule has 2 N–H and O–H groups in total. The van der Waals surface area contributed by atoms with E-state index in [1.807, 2.05) is 44.2 Å². The van der Waals surface area contributed by atoms with Gasteiger partial charge in [0.25, 0.3) is 0 Å². The molecule has 1 aliphatic heterocycles. The van der Waals surface area contributed by atoms with Gasteiger partial charge in [-0.3, -0.25) is 4.79 Å². The third-order valence-electron chi connectivity index (χ3n) is 4.25. The minimum atomic E-state index is -0.471. The van der Waals surface area contributed by atoms with Crippen LogP contribution in [0.25, 0.3) is 0 Å². The molecule has 1 saturated heterocycles. The maximum absolute atomic E-state index is 12.4. The number of carbonyl (C=O) groups is 1. The Bertz CT molecular complexity index is 422. The van der Waals surface area contributed by atoms with Crippen LogP contribution >= 0.6 is 0 Å². The van der Waals surface area contributed by atoms with Gasteiger partial charge in [0, 0.05) is 12.6 Å². The van der Waals surface area contributed by atoms with Crippen LogP contribution in [0.3, 0.4) is 0 Å². The summed E-state index contributed by atoms with van der Waals surface area (Å²) in [5, 5.41) is 6.60. The molecule has 1 atom stereocenters. The number of piperidine rings is 1. The summed E-state index contributed by atoms with van der Waals surface area (Å²) in [7, 11) is 0. The highest BCUT2D eigenvalue weighted by Gasteiger charge is 2.29. The zero-order valence-electron chi connectivity index (χ0n) is 12.6. The Labute approximate surface area is 122 Å². The van der Waals surface area contributed by atoms with Crippen molar-refractivity contribution in [2.24, 2.45) is 0 Å². The van der Waals surface area contributed by atoms with Crippen LogP contribution in [-0.4, -0.2) is 25.0 Å². The van der Waals surface area contributed by atoms with E-state index in [9.17, 15) is 4.79 Å². The molecule has 1 aromatic rings. The lowest BCUT2D eigenvalue weighted by Gasteiger charge is -2.26. The van der Waals surface area contributed by atoms with E-state index in [2.05, 4.69) is 10.6 Å². The van der Waals surface area contributed by atoms with Crippen LogP contribution < -0.4 is 10.6 Å². The second-order valence-electron chi connectivity index (χ2n) is 6.18. The zero-order valence-corrected chi connectivity index (χ0v) is 12.6. The highest BCUT2D eigenvalue weighted by Crippen LogP contribution is 2.22. The first kappa shape index (κ1) is 15.0. The van der Waals surface area contributed by atoms with Crippen molar-refractivity contribution in [3.63, 3.8) is 0 Å². The molecule has 1 aromatic carbocycles. The highest BCUT2D eigenvalue weighted by atomic mass is 16.2. The van der Waals surface area contributed by atoms with Gasteiger partial charge in [0.1, 0.15) is 0 Å². The van der Waals surface area contributed by atoms with Gasteiger partial charge in [0.2, 0.25) is 5.91 Å². The van der Waals surface area contributed by atoms with E-state index >= 15 is 0 Å². The minimum absolute atomic E-state index is 0.111. The minimum Gasteiger partial charge on any atom is -0.355 e. The average Bonchev–Trinajstić information content (AvgIpc) is 2.49. The fraction of sp³-hybridized carbons (Fsp3) is 0.588. The van der Waals surface area contributed by atoms with Crippen molar-refractivity contribution in [1.29, 1.82) is 0 Å². The summed E-state index contributed by atoms with van der Waals surface area (Å²) < 4.78 is 0. The Morgan fingerprint density at radius 1 is 1.30 bits per heavy atom. The maximum Gasteiger partial charge on any atom is 0.230 e. The summed E-state index contributed by atoms with van der Waals surface area (Å²) >= 11 is 0. The second kappa shape index (κ2) is 6.89. The van der Waals surface area contributed by atoms with Crippen LogP contribution in [0.2, 0.25) is 0 Å². The van der Waals surface area contributed by atoms with E-state index in [1.54, 1.807) is 0 Å². The predicted molar refractivity (Wildman–Crippen MR) is 82.7 cm³/mol. The predicted octanol–water partition coefficient (Wildman–Crippen LogP) is 2.61. The van der Waals surface area contributed by atoms with Crippen molar-refractivity contribution < 1.29 is 4.79 Å². The molecule has 2 rings (SSSR count). The van der Waals surface area contributed by atoms with E-state index in [1.165, 1.54) is 19.3 Å². The lowest BCUT2D eigenvalue weighted by atomic mass is 9.83. The highest BCUT2D eigenvalue weighted by molar-refractivity contribution is 5.87. The van der Waals surface area contributed by atoms with Crippen molar-refractivity contribution in [3.8, 4) is 0 Å². The molecule has 1 heterocycles. The maximum atomic E-state index is 12.4. The molecule has 110 valence electrons. The molecule has 0 aromatic heterocycles. The molecule has 1 fully saturated rings. The van der Waals surface area contributed by atoms with Gasteiger partial charge in [-0.15, -0.1) is 0 Å². The first-order valence-electron chi connectivity index (χ1n) is 7.68. The molecule has 20 heavy (non-hydrogen) atoms. The summed E-state index contributed by atoms with van der Waals surface area (Å²) in [5.74, 6) is 0.111. The standard InChI is InChI=1S/C17H26N2O/c1-17(2,14-8-4-3-5-9-14)16(20)19-13-11-15-10-6-7-12-18-15/h3-5,8-9,15,18H,6-7,10-13H2,1-2H3,(H,19,20). The van der Waals surface area contributed by atoms with Gasteiger partial charge in [0.15, 0.2) is 0 Å². The number of rotatable bonds is 5. The SMILES string of the molecule is CC(C)(C(=O)NCCC1CCCCN1)c1ccccc1. The number of hydrogen-bond donors (Lipinski definition) is 2. The Morgan fingerprint density at radius 3 is 2.70 bits per heavy atom. The summed E-state index contributed by atoms with van der Waals surface area (Å²) in [5.41, 5.74) is 0.592. The fourth-order valence-corrected chi connectivity index (χ4v) is 2.74. The van der Waals surface area contributed by atoms with Crippen molar-refractivity contribution in [2.45, 2.75) is 51.0 Å². The van der Waals surface area contributed by atoms with E-state index in [0.717, 1.165) is 25.1 Å². The van der Waals surface area contributed by atoms with Crippen LogP contribution in [0, 0.1) is 0 Å². The van der Waals surface area contributed by atoms with Crippen molar-refractivity contribution >= 4 is 5.91 Å². The van der Waals surface area contributed by atoms with Crippen LogP contribution in [-0.2, 0) is 10.2 Å². The van der Waals surface area contributed by atoms with Gasteiger partial charge in [-0.25, -0.2) is 0 Å². The first-order valence-corrected chi connectivity index (χ1v) is 7.68. The van der Waals surface area contributed by atoms with Crippen LogP contribution in [0.5, 0.6) is 0 Å². The molecule has 0 spiro atoms. The average molecular weight is 274 g/mol. The molecule has 0 bridgehead atoms. The van der Waals surface area contributed by atoms with E-state index in [-0.39, 0.29) is 5.91 Å². The van der Waals surface area contributed by atoms with E-state index in [4.69, 9.17) is 0 Å². The van der Waals surface area contributed by atoms with Gasteiger partial charge in [-0.05, 0) is 45.2 Å². The topological polar surface area (TPSA) is 41.1 Å². The molecule has 3 heteroatoms. The number of nitrogens with one attached hydrogen (secondary N) is 2. The molecule has 1 amide bonds. The number of carbonyl (C=O) groups excluding carboxylic acids is 1. The summed E-state index contributed by atoms with van der Waals surface area (Å²) in [4.78, 5) is 12.4. The molecule has 1 unspecified atom stereocenters. The lowest BCUT2D eigenvalue weighted by Crippen LogP contribution is -2.43. The Morgan fingerprint density at radius 2 is 2.05 bits per heavy atom. The molecule has 0 saturated carbocycles. The molecule has 0 aliphatic carbocycles. The second-order valence-corrected chi connectivity index (χ2v) is 6.18. The van der Waals surface area contributed by atoms with E-state index in [0.29, 0.717) is 6.04 Å². The Kier molecular flexibility index (Phi) is 5.18. The first-order chi connectivity index (χ1) is 9.60. The monoisotopic (exact) mass is 274 g/mol. The van der Waals surface area contributed by atoms with Gasteiger partial charge in [-0.2, -0.15) is 0 Å². The number of hydrogen-bond acceptors (Lipinski definition) is 2. The smallest absolute Gasteiger partial charge is 0.230 e. The van der Waals surface area contributed by atoms with Crippen molar-refractivity contribution in [3.05, 3.63) is 35.9 Å². The van der Waals surface area contributed by atoms with Crippen LogP contribution in [0.1, 0.15) is 45.1 Å². The largest absolute Gasteiger partial charge is 0.355 e. The van der Waals surface area contributed by atoms with Crippen LogP contribution in [0.4, 0.5) is 0 Å². The van der Waals surface area contributed by atoms with Gasteiger partial charge >= 0.3 is 0 Å². The van der Waals surface area contributed by atoms with E-state index < -0.39 is 5.41 Å². The van der Waals surface area contributed by atoms with Gasteiger partial charge < -0.3 is 10.6 Å². The summed E-state index contributed by atoms with van der Waals surface area (Å²) in [6.07, 6.45) is 4.85. The van der Waals surface area contributed by atoms with Gasteiger partial charge in [-0.1, -0.05) is 36.8 Å². The zero-order chi connectivity index (χ0) is 14.4. The summed E-state index contributed by atoms with van der Waals surface area (Å²) in [6.45, 7) is 5.84. The number of benzene rings is 1. The molecule has 3 nitrogen and oxygen atoms in total. The molecular weight excluding hydrogens is 248 g/mol. The Balaban J connectivity index is 1.81. The number of amides is 1. The fourth-order valence-electron chi connectivity index (χ4n) is 2.74. The third-order valence-corrected chi connectivity index (χ3v) is 4.25. The molecule has 0 radical (unpaired) electrons.